The lowest BCUT2D eigenvalue weighted by molar-refractivity contribution is -0.121. The lowest BCUT2D eigenvalue weighted by atomic mass is 9.70. The summed E-state index contributed by atoms with van der Waals surface area (Å²) in [4.78, 5) is 16.3. The number of nitrogens with two attached hydrogens (primary N) is 1. The molecule has 0 spiro atoms. The third kappa shape index (κ3) is 3.59. The zero-order valence-corrected chi connectivity index (χ0v) is 20.1. The molecule has 1 aliphatic carbocycles. The molecule has 4 N–H and O–H groups in total. The summed E-state index contributed by atoms with van der Waals surface area (Å²) < 4.78 is 17.1. The molecule has 5 rings (SSSR count). The summed E-state index contributed by atoms with van der Waals surface area (Å²) in [6.07, 6.45) is 5.66. The third-order valence-electron chi connectivity index (χ3n) is 7.77. The van der Waals surface area contributed by atoms with E-state index in [-0.39, 0.29) is 5.91 Å². The van der Waals surface area contributed by atoms with Crippen LogP contribution in [0.5, 0.6) is 17.2 Å². The minimum absolute atomic E-state index is 0.327. The lowest BCUT2D eigenvalue weighted by Crippen LogP contribution is -2.61. The van der Waals surface area contributed by atoms with Crippen molar-refractivity contribution >= 4 is 16.8 Å². The first-order valence-corrected chi connectivity index (χ1v) is 12.0. The number of hydrogen-bond donors (Lipinski definition) is 3. The van der Waals surface area contributed by atoms with Crippen molar-refractivity contribution in [1.29, 1.82) is 0 Å². The molecule has 3 aromatic rings. The van der Waals surface area contributed by atoms with Gasteiger partial charge in [0.15, 0.2) is 0 Å². The minimum Gasteiger partial charge on any atom is -0.496 e. The van der Waals surface area contributed by atoms with Gasteiger partial charge < -0.3 is 24.9 Å². The summed E-state index contributed by atoms with van der Waals surface area (Å²) in [5.41, 5.74) is 9.76. The Labute approximate surface area is 200 Å². The van der Waals surface area contributed by atoms with Gasteiger partial charge in [0.1, 0.15) is 17.2 Å². The third-order valence-corrected chi connectivity index (χ3v) is 7.77. The highest BCUT2D eigenvalue weighted by Crippen LogP contribution is 2.50. The minimum atomic E-state index is -0.516. The number of H-pyrrole nitrogens is 1. The molecule has 1 aromatic heterocycles. The second kappa shape index (κ2) is 8.87. The number of rotatable bonds is 7. The first kappa shape index (κ1) is 22.6. The van der Waals surface area contributed by atoms with Crippen LogP contribution in [-0.2, 0) is 23.2 Å². The number of methoxy groups -OCH3 is 3. The number of primary amides is 1. The molecular weight excluding hydrogens is 430 g/mol. The molecule has 0 saturated heterocycles. The average Bonchev–Trinajstić information content (AvgIpc) is 3.53. The Bertz CT molecular complexity index is 1190. The Kier molecular flexibility index (Phi) is 5.90. The van der Waals surface area contributed by atoms with Crippen molar-refractivity contribution < 1.29 is 19.0 Å². The zero-order chi connectivity index (χ0) is 23.9. The largest absolute Gasteiger partial charge is 0.496 e. The summed E-state index contributed by atoms with van der Waals surface area (Å²) in [6, 6.07) is 11.6. The molecule has 2 heterocycles. The van der Waals surface area contributed by atoms with Crippen LogP contribution >= 0.6 is 0 Å². The molecule has 7 nitrogen and oxygen atoms in total. The Balaban J connectivity index is 1.75. The fourth-order valence-corrected chi connectivity index (χ4v) is 6.16. The second-order valence-electron chi connectivity index (χ2n) is 9.47. The number of amides is 1. The zero-order valence-electron chi connectivity index (χ0n) is 20.1. The highest BCUT2D eigenvalue weighted by molar-refractivity contribution is 5.88. The fraction of sp³-hybridized carbons (Fsp3) is 0.444. The van der Waals surface area contributed by atoms with Gasteiger partial charge in [-0.15, -0.1) is 0 Å². The van der Waals surface area contributed by atoms with Crippen LogP contribution in [0.2, 0.25) is 0 Å². The van der Waals surface area contributed by atoms with E-state index in [1.54, 1.807) is 21.3 Å². The number of aromatic nitrogens is 1. The topological polar surface area (TPSA) is 98.6 Å². The van der Waals surface area contributed by atoms with Crippen LogP contribution in [0.25, 0.3) is 10.9 Å². The normalized spacial score (nSPS) is 22.5. The Morgan fingerprint density at radius 3 is 2.35 bits per heavy atom. The van der Waals surface area contributed by atoms with Crippen molar-refractivity contribution in [1.82, 2.24) is 10.3 Å². The molecule has 1 saturated carbocycles. The van der Waals surface area contributed by atoms with Crippen molar-refractivity contribution in [2.75, 3.05) is 21.3 Å². The number of carbonyl (C=O) groups is 1. The van der Waals surface area contributed by atoms with Gasteiger partial charge in [-0.25, -0.2) is 0 Å². The molecule has 2 aromatic carbocycles. The smallest absolute Gasteiger partial charge is 0.234 e. The van der Waals surface area contributed by atoms with E-state index >= 15 is 0 Å². The van der Waals surface area contributed by atoms with Crippen molar-refractivity contribution in [2.24, 2.45) is 11.7 Å². The van der Waals surface area contributed by atoms with Gasteiger partial charge in [-0.1, -0.05) is 31.0 Å². The predicted octanol–water partition coefficient (Wildman–Crippen LogP) is 3.82. The Morgan fingerprint density at radius 2 is 1.74 bits per heavy atom. The van der Waals surface area contributed by atoms with E-state index in [1.165, 1.54) is 18.4 Å². The van der Waals surface area contributed by atoms with Crippen molar-refractivity contribution in [3.8, 4) is 17.2 Å². The van der Waals surface area contributed by atoms with E-state index in [2.05, 4.69) is 22.4 Å². The maximum absolute atomic E-state index is 12.6. The van der Waals surface area contributed by atoms with Gasteiger partial charge in [0, 0.05) is 40.7 Å². The highest BCUT2D eigenvalue weighted by Gasteiger charge is 2.50. The van der Waals surface area contributed by atoms with Gasteiger partial charge in [-0.2, -0.15) is 0 Å². The van der Waals surface area contributed by atoms with Crippen molar-refractivity contribution in [3.63, 3.8) is 0 Å². The number of fused-ring (bicyclic) bond motifs is 3. The van der Waals surface area contributed by atoms with E-state index in [4.69, 9.17) is 19.9 Å². The van der Waals surface area contributed by atoms with Gasteiger partial charge in [-0.3, -0.25) is 10.1 Å². The van der Waals surface area contributed by atoms with E-state index in [9.17, 15) is 4.79 Å². The molecule has 1 amide bonds. The van der Waals surface area contributed by atoms with Crippen LogP contribution in [-0.4, -0.2) is 38.3 Å². The first-order chi connectivity index (χ1) is 16.5. The molecule has 34 heavy (non-hydrogen) atoms. The Hall–Kier alpha value is -3.19. The Morgan fingerprint density at radius 1 is 1.06 bits per heavy atom. The standard InChI is InChI=1S/C27H33N3O4/c1-32-17-12-23(33-2)20(24(13-17)34-3)15-27(16-8-4-5-9-16)25-19(14-22(30-27)26(28)31)18-10-6-7-11-21(18)29-25/h6-7,10-13,16,22,29-30H,4-5,8-9,14-15H2,1-3H3,(H2,28,31). The fourth-order valence-electron chi connectivity index (χ4n) is 6.16. The summed E-state index contributed by atoms with van der Waals surface area (Å²) in [5.74, 6) is 2.08. The number of nitrogens with one attached hydrogen (secondary N) is 2. The monoisotopic (exact) mass is 463 g/mol. The number of benzene rings is 2. The number of aromatic amines is 1. The number of para-hydroxylation sites is 1. The van der Waals surface area contributed by atoms with Crippen LogP contribution < -0.4 is 25.3 Å². The van der Waals surface area contributed by atoms with Crippen LogP contribution in [0.15, 0.2) is 36.4 Å². The van der Waals surface area contributed by atoms with Gasteiger partial charge in [0.05, 0.1) is 32.9 Å². The molecule has 0 bridgehead atoms. The molecule has 2 unspecified atom stereocenters. The van der Waals surface area contributed by atoms with E-state index in [1.807, 2.05) is 24.3 Å². The van der Waals surface area contributed by atoms with E-state index < -0.39 is 11.6 Å². The van der Waals surface area contributed by atoms with Crippen LogP contribution in [0.1, 0.15) is 42.5 Å². The summed E-state index contributed by atoms with van der Waals surface area (Å²) in [6.45, 7) is 0. The summed E-state index contributed by atoms with van der Waals surface area (Å²) >= 11 is 0. The second-order valence-corrected chi connectivity index (χ2v) is 9.47. The molecule has 1 aliphatic heterocycles. The number of carbonyl (C=O) groups excluding carboxylic acids is 1. The highest BCUT2D eigenvalue weighted by atomic mass is 16.5. The van der Waals surface area contributed by atoms with E-state index in [0.29, 0.717) is 36.0 Å². The van der Waals surface area contributed by atoms with Crippen molar-refractivity contribution in [3.05, 3.63) is 53.2 Å². The number of hydrogen-bond acceptors (Lipinski definition) is 5. The molecule has 1 fully saturated rings. The predicted molar refractivity (Wildman–Crippen MR) is 132 cm³/mol. The van der Waals surface area contributed by atoms with Crippen molar-refractivity contribution in [2.45, 2.75) is 50.1 Å². The molecule has 2 atom stereocenters. The summed E-state index contributed by atoms with van der Waals surface area (Å²) in [7, 11) is 4.95. The first-order valence-electron chi connectivity index (χ1n) is 12.0. The quantitative estimate of drug-likeness (QED) is 0.495. The lowest BCUT2D eigenvalue weighted by Gasteiger charge is -2.46. The van der Waals surface area contributed by atoms with Crippen LogP contribution in [0, 0.1) is 5.92 Å². The molecular formula is C27H33N3O4. The average molecular weight is 464 g/mol. The van der Waals surface area contributed by atoms with Crippen LogP contribution in [0.3, 0.4) is 0 Å². The van der Waals surface area contributed by atoms with Gasteiger partial charge in [0.2, 0.25) is 5.91 Å². The molecule has 180 valence electrons. The SMILES string of the molecule is COc1cc(OC)c(CC2(C3CCCC3)NC(C(N)=O)Cc3c2[nH]c2ccccc32)c(OC)c1. The molecule has 7 heteroatoms. The summed E-state index contributed by atoms with van der Waals surface area (Å²) in [5, 5.41) is 4.91. The molecule has 0 radical (unpaired) electrons. The number of ether oxygens (including phenoxy) is 3. The maximum Gasteiger partial charge on any atom is 0.234 e. The maximum atomic E-state index is 12.6. The van der Waals surface area contributed by atoms with Crippen LogP contribution in [0.4, 0.5) is 0 Å². The van der Waals surface area contributed by atoms with Gasteiger partial charge in [0.25, 0.3) is 0 Å². The van der Waals surface area contributed by atoms with Gasteiger partial charge in [-0.05, 0) is 36.8 Å². The van der Waals surface area contributed by atoms with Gasteiger partial charge >= 0.3 is 0 Å². The van der Waals surface area contributed by atoms with E-state index in [0.717, 1.165) is 35.0 Å². The molecule has 2 aliphatic rings.